The van der Waals surface area contributed by atoms with E-state index in [9.17, 15) is 4.79 Å². The molecule has 2 amide bonds. The van der Waals surface area contributed by atoms with Gasteiger partial charge < -0.3 is 10.2 Å². The number of nitrogens with zero attached hydrogens (tertiary/aromatic N) is 4. The Morgan fingerprint density at radius 1 is 1.15 bits per heavy atom. The number of carbonyl (C=O) groups excluding carboxylic acids is 1. The summed E-state index contributed by atoms with van der Waals surface area (Å²) >= 11 is 0. The molecule has 138 valence electrons. The number of carbonyl (C=O) groups is 1. The molecule has 2 aromatic rings. The Morgan fingerprint density at radius 2 is 1.96 bits per heavy atom. The van der Waals surface area contributed by atoms with Crippen molar-refractivity contribution >= 4 is 6.03 Å². The van der Waals surface area contributed by atoms with Crippen molar-refractivity contribution in [2.24, 2.45) is 0 Å². The van der Waals surface area contributed by atoms with Crippen molar-refractivity contribution in [3.8, 4) is 0 Å². The van der Waals surface area contributed by atoms with E-state index in [1.807, 2.05) is 11.1 Å². The molecule has 0 bridgehead atoms. The minimum atomic E-state index is 0.0835. The number of rotatable bonds is 5. The first-order valence-electron chi connectivity index (χ1n) is 9.61. The SMILES string of the molecule is O=C(NCCC1CN(Cc2ccccc2)Cc2ccnn21)N1CCCC1. The number of urea groups is 1. The normalized spacial score (nSPS) is 20.2. The van der Waals surface area contributed by atoms with E-state index in [-0.39, 0.29) is 6.03 Å². The third-order valence-electron chi connectivity index (χ3n) is 5.35. The van der Waals surface area contributed by atoms with E-state index in [2.05, 4.69) is 56.4 Å². The maximum Gasteiger partial charge on any atom is 0.317 e. The lowest BCUT2D eigenvalue weighted by Crippen LogP contribution is -2.41. The third kappa shape index (κ3) is 3.90. The number of aromatic nitrogens is 2. The van der Waals surface area contributed by atoms with Gasteiger partial charge in [-0.05, 0) is 30.9 Å². The van der Waals surface area contributed by atoms with Gasteiger partial charge in [0.05, 0.1) is 11.7 Å². The summed E-state index contributed by atoms with van der Waals surface area (Å²) in [5, 5.41) is 7.61. The van der Waals surface area contributed by atoms with Crippen LogP contribution in [0, 0.1) is 0 Å². The number of hydrogen-bond acceptors (Lipinski definition) is 3. The van der Waals surface area contributed by atoms with E-state index in [4.69, 9.17) is 0 Å². The van der Waals surface area contributed by atoms with Crippen molar-refractivity contribution in [2.45, 2.75) is 38.4 Å². The Kier molecular flexibility index (Phi) is 5.20. The molecule has 2 aliphatic rings. The van der Waals surface area contributed by atoms with Gasteiger partial charge in [0.1, 0.15) is 0 Å². The zero-order valence-electron chi connectivity index (χ0n) is 15.2. The highest BCUT2D eigenvalue weighted by atomic mass is 16.2. The lowest BCUT2D eigenvalue weighted by molar-refractivity contribution is 0.160. The predicted octanol–water partition coefficient (Wildman–Crippen LogP) is 2.64. The van der Waals surface area contributed by atoms with Gasteiger partial charge in [-0.3, -0.25) is 9.58 Å². The number of likely N-dealkylation sites (tertiary alicyclic amines) is 1. The van der Waals surface area contributed by atoms with Crippen LogP contribution in [0.5, 0.6) is 0 Å². The largest absolute Gasteiger partial charge is 0.338 e. The van der Waals surface area contributed by atoms with Crippen LogP contribution < -0.4 is 5.32 Å². The van der Waals surface area contributed by atoms with Crippen molar-refractivity contribution < 1.29 is 4.79 Å². The number of benzene rings is 1. The molecule has 1 fully saturated rings. The molecule has 0 saturated carbocycles. The Balaban J connectivity index is 1.35. The molecule has 6 nitrogen and oxygen atoms in total. The van der Waals surface area contributed by atoms with Crippen LogP contribution in [0.2, 0.25) is 0 Å². The van der Waals surface area contributed by atoms with E-state index >= 15 is 0 Å². The molecule has 3 heterocycles. The molecule has 0 spiro atoms. The molecule has 0 aliphatic carbocycles. The Hall–Kier alpha value is -2.34. The fourth-order valence-electron chi connectivity index (χ4n) is 4.02. The van der Waals surface area contributed by atoms with E-state index in [1.54, 1.807) is 0 Å². The average Bonchev–Trinajstić information content (AvgIpc) is 3.34. The van der Waals surface area contributed by atoms with Crippen LogP contribution in [-0.2, 0) is 13.1 Å². The quantitative estimate of drug-likeness (QED) is 0.899. The maximum atomic E-state index is 12.2. The fraction of sp³-hybridized carbons (Fsp3) is 0.500. The molecule has 1 unspecified atom stereocenters. The zero-order chi connectivity index (χ0) is 17.8. The summed E-state index contributed by atoms with van der Waals surface area (Å²) in [6, 6.07) is 13.1. The van der Waals surface area contributed by atoms with E-state index in [0.29, 0.717) is 12.6 Å². The van der Waals surface area contributed by atoms with Gasteiger partial charge >= 0.3 is 6.03 Å². The molecule has 4 rings (SSSR count). The van der Waals surface area contributed by atoms with Crippen LogP contribution in [0.15, 0.2) is 42.6 Å². The standard InChI is InChI=1S/C20H27N5O/c26-20(24-12-4-5-13-24)21-10-8-18-15-23(14-17-6-2-1-3-7-17)16-19-9-11-22-25(18)19/h1-3,6-7,9,11,18H,4-5,8,10,12-16H2,(H,21,26). The molecule has 1 saturated heterocycles. The van der Waals surface area contributed by atoms with Crippen molar-refractivity contribution in [2.75, 3.05) is 26.2 Å². The topological polar surface area (TPSA) is 53.4 Å². The molecule has 26 heavy (non-hydrogen) atoms. The molecule has 2 aliphatic heterocycles. The maximum absolute atomic E-state index is 12.2. The summed E-state index contributed by atoms with van der Waals surface area (Å²) in [7, 11) is 0. The van der Waals surface area contributed by atoms with Crippen LogP contribution in [0.4, 0.5) is 4.79 Å². The van der Waals surface area contributed by atoms with Crippen molar-refractivity contribution in [1.29, 1.82) is 0 Å². The predicted molar refractivity (Wildman–Crippen MR) is 101 cm³/mol. The molecule has 6 heteroatoms. The first-order chi connectivity index (χ1) is 12.8. The van der Waals surface area contributed by atoms with Crippen molar-refractivity contribution in [1.82, 2.24) is 24.9 Å². The summed E-state index contributed by atoms with van der Waals surface area (Å²) in [5.41, 5.74) is 2.59. The molecular weight excluding hydrogens is 326 g/mol. The van der Waals surface area contributed by atoms with Gasteiger partial charge in [0.25, 0.3) is 0 Å². The zero-order valence-corrected chi connectivity index (χ0v) is 15.2. The number of fused-ring (bicyclic) bond motifs is 1. The summed E-state index contributed by atoms with van der Waals surface area (Å²) in [6.45, 7) is 5.31. The second-order valence-electron chi connectivity index (χ2n) is 7.29. The minimum absolute atomic E-state index is 0.0835. The highest BCUT2D eigenvalue weighted by molar-refractivity contribution is 5.74. The lowest BCUT2D eigenvalue weighted by atomic mass is 10.1. The van der Waals surface area contributed by atoms with Gasteiger partial charge in [-0.25, -0.2) is 4.79 Å². The first-order valence-corrected chi connectivity index (χ1v) is 9.61. The van der Waals surface area contributed by atoms with Gasteiger partial charge in [-0.15, -0.1) is 0 Å². The Bertz CT molecular complexity index is 723. The first kappa shape index (κ1) is 17.1. The minimum Gasteiger partial charge on any atom is -0.338 e. The summed E-state index contributed by atoms with van der Waals surface area (Å²) < 4.78 is 2.14. The van der Waals surface area contributed by atoms with Gasteiger partial charge in [-0.2, -0.15) is 5.10 Å². The number of hydrogen-bond donors (Lipinski definition) is 1. The van der Waals surface area contributed by atoms with Gasteiger partial charge in [0.2, 0.25) is 0 Å². The number of amides is 2. The fourth-order valence-corrected chi connectivity index (χ4v) is 4.02. The second-order valence-corrected chi connectivity index (χ2v) is 7.29. The molecule has 1 aromatic carbocycles. The van der Waals surface area contributed by atoms with Gasteiger partial charge in [0.15, 0.2) is 0 Å². The van der Waals surface area contributed by atoms with E-state index in [1.165, 1.54) is 11.3 Å². The van der Waals surface area contributed by atoms with Crippen LogP contribution in [0.3, 0.4) is 0 Å². The lowest BCUT2D eigenvalue weighted by Gasteiger charge is -2.34. The average molecular weight is 353 g/mol. The summed E-state index contributed by atoms with van der Waals surface area (Å²) in [6.07, 6.45) is 5.04. The molecule has 0 radical (unpaired) electrons. The smallest absolute Gasteiger partial charge is 0.317 e. The van der Waals surface area contributed by atoms with Gasteiger partial charge in [0, 0.05) is 45.5 Å². The van der Waals surface area contributed by atoms with Crippen LogP contribution in [-0.4, -0.2) is 51.8 Å². The summed E-state index contributed by atoms with van der Waals surface area (Å²) in [4.78, 5) is 16.6. The Morgan fingerprint density at radius 3 is 2.77 bits per heavy atom. The highest BCUT2D eigenvalue weighted by Crippen LogP contribution is 2.24. The Labute approximate surface area is 154 Å². The molecule has 1 N–H and O–H groups in total. The monoisotopic (exact) mass is 353 g/mol. The van der Waals surface area contributed by atoms with Crippen molar-refractivity contribution in [3.05, 3.63) is 53.9 Å². The third-order valence-corrected chi connectivity index (χ3v) is 5.35. The van der Waals surface area contributed by atoms with Gasteiger partial charge in [-0.1, -0.05) is 30.3 Å². The van der Waals surface area contributed by atoms with E-state index < -0.39 is 0 Å². The highest BCUT2D eigenvalue weighted by Gasteiger charge is 2.26. The summed E-state index contributed by atoms with van der Waals surface area (Å²) in [5.74, 6) is 0. The molecule has 1 atom stereocenters. The second kappa shape index (κ2) is 7.91. The van der Waals surface area contributed by atoms with Crippen LogP contribution >= 0.6 is 0 Å². The van der Waals surface area contributed by atoms with Crippen LogP contribution in [0.25, 0.3) is 0 Å². The van der Waals surface area contributed by atoms with Crippen molar-refractivity contribution in [3.63, 3.8) is 0 Å². The van der Waals surface area contributed by atoms with Crippen LogP contribution in [0.1, 0.15) is 36.6 Å². The molecular formula is C20H27N5O. The van der Waals surface area contributed by atoms with E-state index in [0.717, 1.165) is 52.0 Å². The number of nitrogens with one attached hydrogen (secondary N) is 1. The molecule has 1 aromatic heterocycles.